The molecule has 27 heavy (non-hydrogen) atoms. The number of carbonyl (C=O) groups is 3. The number of methoxy groups -OCH3 is 1. The lowest BCUT2D eigenvalue weighted by atomic mass is 9.96. The summed E-state index contributed by atoms with van der Waals surface area (Å²) in [6.07, 6.45) is 1.70. The van der Waals surface area contributed by atoms with Crippen molar-refractivity contribution in [3.05, 3.63) is 24.3 Å². The van der Waals surface area contributed by atoms with E-state index in [0.29, 0.717) is 32.0 Å². The lowest BCUT2D eigenvalue weighted by molar-refractivity contribution is -0.152. The molecule has 2 atom stereocenters. The van der Waals surface area contributed by atoms with Crippen molar-refractivity contribution in [2.45, 2.75) is 26.2 Å². The van der Waals surface area contributed by atoms with Crippen molar-refractivity contribution in [1.82, 2.24) is 4.90 Å². The van der Waals surface area contributed by atoms with Crippen LogP contribution in [0.15, 0.2) is 24.3 Å². The second kappa shape index (κ2) is 8.41. The number of hydrogen-bond acceptors (Lipinski definition) is 5. The molecule has 7 nitrogen and oxygen atoms in total. The van der Waals surface area contributed by atoms with Gasteiger partial charge >= 0.3 is 5.97 Å². The zero-order chi connectivity index (χ0) is 19.4. The molecular formula is C20H26N2O5. The average molecular weight is 374 g/mol. The number of esters is 1. The fourth-order valence-corrected chi connectivity index (χ4v) is 3.79. The summed E-state index contributed by atoms with van der Waals surface area (Å²) in [6, 6.07) is 7.27. The number of likely N-dealkylation sites (tertiary alicyclic amines) is 1. The fraction of sp³-hybridized carbons (Fsp3) is 0.550. The largest absolute Gasteiger partial charge is 0.497 e. The van der Waals surface area contributed by atoms with Crippen LogP contribution in [0.25, 0.3) is 0 Å². The third-order valence-corrected chi connectivity index (χ3v) is 5.19. The summed E-state index contributed by atoms with van der Waals surface area (Å²) >= 11 is 0. The summed E-state index contributed by atoms with van der Waals surface area (Å²) in [6.45, 7) is 3.47. The van der Waals surface area contributed by atoms with Gasteiger partial charge in [0, 0.05) is 37.8 Å². The smallest absolute Gasteiger partial charge is 0.310 e. The molecule has 2 heterocycles. The SMILES string of the molecule is CCOC(=O)[C@H]1CCCN(C(=O)[C@@H]2CC(=O)N(c3cccc(OC)c3)C2)C1. The Labute approximate surface area is 159 Å². The number of ether oxygens (including phenoxy) is 2. The molecule has 1 aromatic carbocycles. The number of benzene rings is 1. The Bertz CT molecular complexity index is 720. The maximum absolute atomic E-state index is 12.9. The van der Waals surface area contributed by atoms with Crippen LogP contribution in [0.4, 0.5) is 5.69 Å². The van der Waals surface area contributed by atoms with Gasteiger partial charge in [-0.15, -0.1) is 0 Å². The van der Waals surface area contributed by atoms with Crippen LogP contribution in [0.2, 0.25) is 0 Å². The summed E-state index contributed by atoms with van der Waals surface area (Å²) in [4.78, 5) is 40.8. The Morgan fingerprint density at radius 3 is 2.78 bits per heavy atom. The molecule has 0 N–H and O–H groups in total. The summed E-state index contributed by atoms with van der Waals surface area (Å²) < 4.78 is 10.3. The summed E-state index contributed by atoms with van der Waals surface area (Å²) in [5, 5.41) is 0. The Kier molecular flexibility index (Phi) is 5.98. The van der Waals surface area contributed by atoms with Crippen LogP contribution in [-0.2, 0) is 19.1 Å². The zero-order valence-electron chi connectivity index (χ0n) is 15.8. The van der Waals surface area contributed by atoms with Gasteiger partial charge in [0.05, 0.1) is 25.6 Å². The molecule has 0 unspecified atom stereocenters. The van der Waals surface area contributed by atoms with E-state index in [2.05, 4.69) is 0 Å². The standard InChI is InChI=1S/C20H26N2O5/c1-3-27-20(25)14-6-5-9-21(12-14)19(24)15-10-18(23)22(13-15)16-7-4-8-17(11-16)26-2/h4,7-8,11,14-15H,3,5-6,9-10,12-13H2,1-2H3/t14-,15+/m0/s1. The molecule has 3 rings (SSSR count). The van der Waals surface area contributed by atoms with Gasteiger partial charge in [-0.3, -0.25) is 14.4 Å². The van der Waals surface area contributed by atoms with Crippen LogP contribution in [0.1, 0.15) is 26.2 Å². The number of carbonyl (C=O) groups excluding carboxylic acids is 3. The fourth-order valence-electron chi connectivity index (χ4n) is 3.79. The number of amides is 2. The van der Waals surface area contributed by atoms with Crippen molar-refractivity contribution in [2.75, 3.05) is 38.3 Å². The predicted molar refractivity (Wildman–Crippen MR) is 99.4 cm³/mol. The van der Waals surface area contributed by atoms with Crippen molar-refractivity contribution in [3.8, 4) is 5.75 Å². The van der Waals surface area contributed by atoms with E-state index in [4.69, 9.17) is 9.47 Å². The normalized spacial score (nSPS) is 22.7. The maximum atomic E-state index is 12.9. The van der Waals surface area contributed by atoms with Gasteiger partial charge < -0.3 is 19.3 Å². The van der Waals surface area contributed by atoms with E-state index >= 15 is 0 Å². The van der Waals surface area contributed by atoms with Crippen LogP contribution in [0.5, 0.6) is 5.75 Å². The molecule has 0 saturated carbocycles. The highest BCUT2D eigenvalue weighted by atomic mass is 16.5. The summed E-state index contributed by atoms with van der Waals surface area (Å²) in [5.41, 5.74) is 0.734. The lowest BCUT2D eigenvalue weighted by Crippen LogP contribution is -2.45. The van der Waals surface area contributed by atoms with Gasteiger partial charge in [0.1, 0.15) is 5.75 Å². The summed E-state index contributed by atoms with van der Waals surface area (Å²) in [7, 11) is 1.58. The van der Waals surface area contributed by atoms with Gasteiger partial charge in [-0.05, 0) is 31.9 Å². The highest BCUT2D eigenvalue weighted by molar-refractivity contribution is 6.00. The highest BCUT2D eigenvalue weighted by Crippen LogP contribution is 2.30. The Morgan fingerprint density at radius 1 is 1.22 bits per heavy atom. The van der Waals surface area contributed by atoms with Gasteiger partial charge in [0.2, 0.25) is 11.8 Å². The summed E-state index contributed by atoms with van der Waals surface area (Å²) in [5.74, 6) is -0.346. The van der Waals surface area contributed by atoms with Crippen molar-refractivity contribution in [3.63, 3.8) is 0 Å². The minimum Gasteiger partial charge on any atom is -0.497 e. The molecular weight excluding hydrogens is 348 g/mol. The predicted octanol–water partition coefficient (Wildman–Crippen LogP) is 1.85. The molecule has 2 amide bonds. The van der Waals surface area contributed by atoms with Crippen molar-refractivity contribution in [1.29, 1.82) is 0 Å². The first kappa shape index (κ1) is 19.2. The molecule has 0 aliphatic carbocycles. The molecule has 0 spiro atoms. The average Bonchev–Trinajstić information content (AvgIpc) is 3.09. The molecule has 0 radical (unpaired) electrons. The first-order chi connectivity index (χ1) is 13.0. The molecule has 0 aromatic heterocycles. The maximum Gasteiger partial charge on any atom is 0.310 e. The van der Waals surface area contributed by atoms with Gasteiger partial charge in [0.25, 0.3) is 0 Å². The molecule has 2 aliphatic heterocycles. The van der Waals surface area contributed by atoms with Crippen molar-refractivity contribution < 1.29 is 23.9 Å². The minimum absolute atomic E-state index is 0.0530. The number of rotatable bonds is 5. The third kappa shape index (κ3) is 4.23. The quantitative estimate of drug-likeness (QED) is 0.735. The first-order valence-electron chi connectivity index (χ1n) is 9.43. The topological polar surface area (TPSA) is 76.2 Å². The molecule has 7 heteroatoms. The van der Waals surface area contributed by atoms with E-state index in [1.165, 1.54) is 0 Å². The molecule has 2 fully saturated rings. The zero-order valence-corrected chi connectivity index (χ0v) is 15.8. The van der Waals surface area contributed by atoms with Crippen LogP contribution < -0.4 is 9.64 Å². The number of hydrogen-bond donors (Lipinski definition) is 0. The Balaban J connectivity index is 1.65. The van der Waals surface area contributed by atoms with Crippen LogP contribution in [0.3, 0.4) is 0 Å². The van der Waals surface area contributed by atoms with E-state index < -0.39 is 0 Å². The first-order valence-corrected chi connectivity index (χ1v) is 9.43. The monoisotopic (exact) mass is 374 g/mol. The van der Waals surface area contributed by atoms with E-state index in [0.717, 1.165) is 18.5 Å². The van der Waals surface area contributed by atoms with E-state index in [9.17, 15) is 14.4 Å². The van der Waals surface area contributed by atoms with Gasteiger partial charge in [-0.2, -0.15) is 0 Å². The molecule has 0 bridgehead atoms. The Hall–Kier alpha value is -2.57. The van der Waals surface area contributed by atoms with Gasteiger partial charge in [0.15, 0.2) is 0 Å². The van der Waals surface area contributed by atoms with Crippen molar-refractivity contribution in [2.24, 2.45) is 11.8 Å². The number of piperidine rings is 1. The van der Waals surface area contributed by atoms with Gasteiger partial charge in [-0.1, -0.05) is 6.07 Å². The number of anilines is 1. The van der Waals surface area contributed by atoms with Crippen LogP contribution in [-0.4, -0.2) is 56.0 Å². The minimum atomic E-state index is -0.385. The second-order valence-corrected chi connectivity index (χ2v) is 6.98. The van der Waals surface area contributed by atoms with E-state index in [1.807, 2.05) is 18.2 Å². The molecule has 2 aliphatic rings. The van der Waals surface area contributed by atoms with Crippen LogP contribution in [0, 0.1) is 11.8 Å². The third-order valence-electron chi connectivity index (χ3n) is 5.19. The van der Waals surface area contributed by atoms with E-state index in [1.54, 1.807) is 29.9 Å². The lowest BCUT2D eigenvalue weighted by Gasteiger charge is -2.33. The van der Waals surface area contributed by atoms with Crippen molar-refractivity contribution >= 4 is 23.5 Å². The van der Waals surface area contributed by atoms with E-state index in [-0.39, 0.29) is 36.0 Å². The molecule has 2 saturated heterocycles. The number of nitrogens with zero attached hydrogens (tertiary/aromatic N) is 2. The Morgan fingerprint density at radius 2 is 2.04 bits per heavy atom. The highest BCUT2D eigenvalue weighted by Gasteiger charge is 2.39. The molecule has 146 valence electrons. The van der Waals surface area contributed by atoms with Gasteiger partial charge in [-0.25, -0.2) is 0 Å². The van der Waals surface area contributed by atoms with Crippen LogP contribution >= 0.6 is 0 Å². The second-order valence-electron chi connectivity index (χ2n) is 6.98. The molecule has 1 aromatic rings.